The van der Waals surface area contributed by atoms with Gasteiger partial charge in [0.05, 0.1) is 11.2 Å². The van der Waals surface area contributed by atoms with E-state index in [1.165, 1.54) is 0 Å². The van der Waals surface area contributed by atoms with Gasteiger partial charge in [0, 0.05) is 23.3 Å². The molecule has 0 radical (unpaired) electrons. The number of fused-ring (bicyclic) bond motifs is 1. The van der Waals surface area contributed by atoms with Crippen molar-refractivity contribution in [3.05, 3.63) is 30.5 Å². The van der Waals surface area contributed by atoms with Gasteiger partial charge in [-0.1, -0.05) is 0 Å². The molecule has 1 heterocycles. The predicted molar refractivity (Wildman–Crippen MR) is 64.9 cm³/mol. The minimum atomic E-state index is 0.400. The van der Waals surface area contributed by atoms with Crippen LogP contribution in [0, 0.1) is 0 Å². The molecule has 0 saturated heterocycles. The largest absolute Gasteiger partial charge is 0.397 e. The lowest BCUT2D eigenvalue weighted by molar-refractivity contribution is 0.902. The molecule has 1 aromatic heterocycles. The molecule has 0 aliphatic carbocycles. The van der Waals surface area contributed by atoms with E-state index in [1.807, 2.05) is 24.3 Å². The lowest BCUT2D eigenvalue weighted by Crippen LogP contribution is -2.10. The van der Waals surface area contributed by atoms with Gasteiger partial charge in [-0.2, -0.15) is 0 Å². The van der Waals surface area contributed by atoms with Crippen LogP contribution in [0.2, 0.25) is 0 Å². The standard InChI is InChI=1S/C12H15N3/c1-8(2)15-11-6-5-10(13)12-9(11)4-3-7-14-12/h3-8,15H,13H2,1-2H3. The number of pyridine rings is 1. The van der Waals surface area contributed by atoms with E-state index in [0.717, 1.165) is 22.3 Å². The molecule has 0 aliphatic rings. The summed E-state index contributed by atoms with van der Waals surface area (Å²) in [7, 11) is 0. The number of nitrogens with zero attached hydrogens (tertiary/aromatic N) is 1. The van der Waals surface area contributed by atoms with Crippen molar-refractivity contribution in [2.75, 3.05) is 11.1 Å². The lowest BCUT2D eigenvalue weighted by Gasteiger charge is -2.13. The number of rotatable bonds is 2. The van der Waals surface area contributed by atoms with Crippen molar-refractivity contribution in [2.45, 2.75) is 19.9 Å². The molecule has 0 aliphatic heterocycles. The van der Waals surface area contributed by atoms with E-state index >= 15 is 0 Å². The molecule has 2 aromatic rings. The molecule has 0 spiro atoms. The van der Waals surface area contributed by atoms with Crippen LogP contribution in [0.1, 0.15) is 13.8 Å². The molecule has 0 fully saturated rings. The van der Waals surface area contributed by atoms with Crippen molar-refractivity contribution >= 4 is 22.3 Å². The molecule has 0 saturated carbocycles. The zero-order valence-electron chi connectivity index (χ0n) is 8.99. The summed E-state index contributed by atoms with van der Waals surface area (Å²) in [5, 5.41) is 4.45. The van der Waals surface area contributed by atoms with Crippen LogP contribution in [0.3, 0.4) is 0 Å². The molecule has 2 rings (SSSR count). The monoisotopic (exact) mass is 201 g/mol. The molecular formula is C12H15N3. The van der Waals surface area contributed by atoms with E-state index in [0.29, 0.717) is 6.04 Å². The maximum atomic E-state index is 5.87. The second-order valence-corrected chi connectivity index (χ2v) is 3.90. The van der Waals surface area contributed by atoms with Gasteiger partial charge in [0.25, 0.3) is 0 Å². The number of aromatic nitrogens is 1. The van der Waals surface area contributed by atoms with Crippen molar-refractivity contribution in [1.29, 1.82) is 0 Å². The van der Waals surface area contributed by atoms with Gasteiger partial charge in [-0.05, 0) is 38.1 Å². The summed E-state index contributed by atoms with van der Waals surface area (Å²) in [5.74, 6) is 0. The van der Waals surface area contributed by atoms with E-state index in [2.05, 4.69) is 24.1 Å². The highest BCUT2D eigenvalue weighted by atomic mass is 14.9. The number of hydrogen-bond acceptors (Lipinski definition) is 3. The van der Waals surface area contributed by atoms with E-state index in [-0.39, 0.29) is 0 Å². The summed E-state index contributed by atoms with van der Waals surface area (Å²) in [6, 6.07) is 8.24. The first kappa shape index (κ1) is 9.77. The average molecular weight is 201 g/mol. The Morgan fingerprint density at radius 1 is 1.27 bits per heavy atom. The lowest BCUT2D eigenvalue weighted by atomic mass is 10.1. The zero-order chi connectivity index (χ0) is 10.8. The van der Waals surface area contributed by atoms with Gasteiger partial charge in [-0.25, -0.2) is 0 Å². The van der Waals surface area contributed by atoms with Crippen LogP contribution < -0.4 is 11.1 Å². The summed E-state index contributed by atoms with van der Waals surface area (Å²) in [5.41, 5.74) is 8.54. The van der Waals surface area contributed by atoms with Gasteiger partial charge in [-0.3, -0.25) is 4.98 Å². The van der Waals surface area contributed by atoms with Gasteiger partial charge < -0.3 is 11.1 Å². The van der Waals surface area contributed by atoms with Crippen LogP contribution in [0.15, 0.2) is 30.5 Å². The number of nitrogen functional groups attached to an aromatic ring is 1. The van der Waals surface area contributed by atoms with E-state index in [1.54, 1.807) is 6.20 Å². The van der Waals surface area contributed by atoms with Crippen molar-refractivity contribution in [3.63, 3.8) is 0 Å². The van der Waals surface area contributed by atoms with Crippen LogP contribution in [0.25, 0.3) is 10.9 Å². The van der Waals surface area contributed by atoms with Gasteiger partial charge in [-0.15, -0.1) is 0 Å². The molecule has 0 unspecified atom stereocenters. The smallest absolute Gasteiger partial charge is 0.0951 e. The minimum absolute atomic E-state index is 0.400. The van der Waals surface area contributed by atoms with Gasteiger partial charge in [0.2, 0.25) is 0 Å². The average Bonchev–Trinajstić information content (AvgIpc) is 2.22. The second-order valence-electron chi connectivity index (χ2n) is 3.90. The highest BCUT2D eigenvalue weighted by molar-refractivity contribution is 5.98. The highest BCUT2D eigenvalue weighted by Crippen LogP contribution is 2.26. The third kappa shape index (κ3) is 1.86. The normalized spacial score (nSPS) is 10.9. The fourth-order valence-corrected chi connectivity index (χ4v) is 1.63. The summed E-state index contributed by atoms with van der Waals surface area (Å²) in [4.78, 5) is 4.28. The van der Waals surface area contributed by atoms with Crippen molar-refractivity contribution in [2.24, 2.45) is 0 Å². The Labute approximate surface area is 89.3 Å². The molecule has 3 N–H and O–H groups in total. The summed E-state index contributed by atoms with van der Waals surface area (Å²) < 4.78 is 0. The molecule has 1 aromatic carbocycles. The minimum Gasteiger partial charge on any atom is -0.397 e. The number of nitrogens with two attached hydrogens (primary N) is 1. The fourth-order valence-electron chi connectivity index (χ4n) is 1.63. The molecule has 3 nitrogen and oxygen atoms in total. The Bertz CT molecular complexity index is 477. The molecule has 0 atom stereocenters. The quantitative estimate of drug-likeness (QED) is 0.734. The van der Waals surface area contributed by atoms with E-state index < -0.39 is 0 Å². The van der Waals surface area contributed by atoms with Gasteiger partial charge in [0.15, 0.2) is 0 Å². The first-order valence-electron chi connectivity index (χ1n) is 5.08. The number of anilines is 2. The molecule has 78 valence electrons. The van der Waals surface area contributed by atoms with E-state index in [4.69, 9.17) is 5.73 Å². The Morgan fingerprint density at radius 3 is 2.80 bits per heavy atom. The summed E-state index contributed by atoms with van der Waals surface area (Å²) in [6.07, 6.45) is 1.76. The zero-order valence-corrected chi connectivity index (χ0v) is 8.99. The highest BCUT2D eigenvalue weighted by Gasteiger charge is 2.04. The number of benzene rings is 1. The first-order valence-corrected chi connectivity index (χ1v) is 5.08. The van der Waals surface area contributed by atoms with Crippen molar-refractivity contribution in [1.82, 2.24) is 4.98 Å². The van der Waals surface area contributed by atoms with Crippen LogP contribution in [-0.2, 0) is 0 Å². The van der Waals surface area contributed by atoms with Crippen molar-refractivity contribution in [3.8, 4) is 0 Å². The third-order valence-electron chi connectivity index (χ3n) is 2.25. The van der Waals surface area contributed by atoms with Gasteiger partial charge >= 0.3 is 0 Å². The first-order chi connectivity index (χ1) is 7.18. The molecule has 0 bridgehead atoms. The molecule has 15 heavy (non-hydrogen) atoms. The second kappa shape index (κ2) is 3.77. The van der Waals surface area contributed by atoms with Crippen LogP contribution >= 0.6 is 0 Å². The summed E-state index contributed by atoms with van der Waals surface area (Å²) >= 11 is 0. The Kier molecular flexibility index (Phi) is 2.46. The predicted octanol–water partition coefficient (Wildman–Crippen LogP) is 2.64. The van der Waals surface area contributed by atoms with Crippen molar-refractivity contribution < 1.29 is 0 Å². The number of hydrogen-bond donors (Lipinski definition) is 2. The summed E-state index contributed by atoms with van der Waals surface area (Å²) in [6.45, 7) is 4.22. The van der Waals surface area contributed by atoms with Gasteiger partial charge in [0.1, 0.15) is 0 Å². The maximum Gasteiger partial charge on any atom is 0.0951 e. The SMILES string of the molecule is CC(C)Nc1ccc(N)c2ncccc12. The Balaban J connectivity index is 2.61. The fraction of sp³-hybridized carbons (Fsp3) is 0.250. The maximum absolute atomic E-state index is 5.87. The number of nitrogens with one attached hydrogen (secondary N) is 1. The van der Waals surface area contributed by atoms with Crippen LogP contribution in [-0.4, -0.2) is 11.0 Å². The van der Waals surface area contributed by atoms with Crippen LogP contribution in [0.4, 0.5) is 11.4 Å². The third-order valence-corrected chi connectivity index (χ3v) is 2.25. The van der Waals surface area contributed by atoms with E-state index in [9.17, 15) is 0 Å². The molecule has 3 heteroatoms. The Hall–Kier alpha value is -1.77. The molecule has 0 amide bonds. The molecular weight excluding hydrogens is 186 g/mol. The van der Waals surface area contributed by atoms with Crippen LogP contribution in [0.5, 0.6) is 0 Å². The topological polar surface area (TPSA) is 50.9 Å². The Morgan fingerprint density at radius 2 is 2.07 bits per heavy atom.